The van der Waals surface area contributed by atoms with Crippen LogP contribution in [-0.4, -0.2) is 31.5 Å². The molecule has 2 atom stereocenters. The van der Waals surface area contributed by atoms with Crippen LogP contribution >= 0.6 is 0 Å². The highest BCUT2D eigenvalue weighted by Gasteiger charge is 2.15. The number of rotatable bonds is 7. The monoisotopic (exact) mass is 221 g/mol. The lowest BCUT2D eigenvalue weighted by Crippen LogP contribution is -2.30. The molecule has 92 valence electrons. The first kappa shape index (κ1) is 14.8. The van der Waals surface area contributed by atoms with Gasteiger partial charge in [0, 0.05) is 6.54 Å². The molecule has 0 aliphatic heterocycles. The Labute approximate surface area is 92.8 Å². The van der Waals surface area contributed by atoms with E-state index in [-0.39, 0.29) is 6.54 Å². The SMILES string of the molecule is CC(CC(C)C(C)C)CN(C)CC(F)F. The summed E-state index contributed by atoms with van der Waals surface area (Å²) in [6, 6.07) is 0. The summed E-state index contributed by atoms with van der Waals surface area (Å²) in [5.74, 6) is 1.83. The van der Waals surface area contributed by atoms with Crippen molar-refractivity contribution in [1.29, 1.82) is 0 Å². The molecule has 0 radical (unpaired) electrons. The number of nitrogens with zero attached hydrogens (tertiary/aromatic N) is 1. The van der Waals surface area contributed by atoms with E-state index in [1.165, 1.54) is 0 Å². The molecule has 2 unspecified atom stereocenters. The number of hydrogen-bond acceptors (Lipinski definition) is 1. The molecule has 0 bridgehead atoms. The molecule has 1 nitrogen and oxygen atoms in total. The summed E-state index contributed by atoms with van der Waals surface area (Å²) in [4.78, 5) is 1.72. The fourth-order valence-electron chi connectivity index (χ4n) is 1.82. The molecule has 3 heteroatoms. The minimum Gasteiger partial charge on any atom is -0.301 e. The highest BCUT2D eigenvalue weighted by molar-refractivity contribution is 4.65. The van der Waals surface area contributed by atoms with Crippen LogP contribution in [-0.2, 0) is 0 Å². The number of hydrogen-bond donors (Lipinski definition) is 0. The van der Waals surface area contributed by atoms with Crippen molar-refractivity contribution in [2.24, 2.45) is 17.8 Å². The molecule has 0 aromatic heterocycles. The van der Waals surface area contributed by atoms with Crippen LogP contribution in [0.5, 0.6) is 0 Å². The summed E-state index contributed by atoms with van der Waals surface area (Å²) in [6.45, 7) is 9.44. The molecule has 15 heavy (non-hydrogen) atoms. The van der Waals surface area contributed by atoms with Crippen LogP contribution in [0, 0.1) is 17.8 Å². The highest BCUT2D eigenvalue weighted by Crippen LogP contribution is 2.20. The van der Waals surface area contributed by atoms with Crippen molar-refractivity contribution in [2.45, 2.75) is 40.5 Å². The van der Waals surface area contributed by atoms with Gasteiger partial charge in [-0.3, -0.25) is 0 Å². The third-order valence-corrected chi connectivity index (χ3v) is 2.99. The van der Waals surface area contributed by atoms with E-state index in [0.717, 1.165) is 13.0 Å². The topological polar surface area (TPSA) is 3.24 Å². The Hall–Kier alpha value is -0.180. The van der Waals surface area contributed by atoms with Crippen LogP contribution in [0.2, 0.25) is 0 Å². The van der Waals surface area contributed by atoms with Gasteiger partial charge in [0.1, 0.15) is 0 Å². The van der Waals surface area contributed by atoms with Crippen molar-refractivity contribution < 1.29 is 8.78 Å². The van der Waals surface area contributed by atoms with Crippen molar-refractivity contribution in [3.8, 4) is 0 Å². The van der Waals surface area contributed by atoms with Gasteiger partial charge in [-0.15, -0.1) is 0 Å². The fraction of sp³-hybridized carbons (Fsp3) is 1.00. The molecule has 0 fully saturated rings. The van der Waals surface area contributed by atoms with Gasteiger partial charge in [-0.2, -0.15) is 0 Å². The zero-order valence-corrected chi connectivity index (χ0v) is 10.6. The first-order valence-corrected chi connectivity index (χ1v) is 5.79. The van der Waals surface area contributed by atoms with Gasteiger partial charge in [-0.25, -0.2) is 8.78 Å². The Morgan fingerprint density at radius 2 is 1.53 bits per heavy atom. The second-order valence-electron chi connectivity index (χ2n) is 5.17. The zero-order valence-electron chi connectivity index (χ0n) is 10.6. The van der Waals surface area contributed by atoms with Gasteiger partial charge >= 0.3 is 0 Å². The summed E-state index contributed by atoms with van der Waals surface area (Å²) in [7, 11) is 1.77. The largest absolute Gasteiger partial charge is 0.301 e. The second kappa shape index (κ2) is 7.15. The van der Waals surface area contributed by atoms with Crippen LogP contribution < -0.4 is 0 Å². The van der Waals surface area contributed by atoms with Gasteiger partial charge in [-0.1, -0.05) is 27.7 Å². The van der Waals surface area contributed by atoms with E-state index in [0.29, 0.717) is 17.8 Å². The maximum absolute atomic E-state index is 12.1. The van der Waals surface area contributed by atoms with Crippen LogP contribution in [0.4, 0.5) is 8.78 Å². The summed E-state index contributed by atoms with van der Waals surface area (Å²) in [6.07, 6.45) is -1.10. The quantitative estimate of drug-likeness (QED) is 0.636. The average molecular weight is 221 g/mol. The van der Waals surface area contributed by atoms with E-state index < -0.39 is 6.43 Å². The van der Waals surface area contributed by atoms with Crippen LogP contribution in [0.15, 0.2) is 0 Å². The third kappa shape index (κ3) is 7.71. The Kier molecular flexibility index (Phi) is 7.07. The minimum absolute atomic E-state index is 0.111. The lowest BCUT2D eigenvalue weighted by molar-refractivity contribution is 0.0918. The third-order valence-electron chi connectivity index (χ3n) is 2.99. The lowest BCUT2D eigenvalue weighted by Gasteiger charge is -2.24. The molecule has 0 aliphatic carbocycles. The molecular formula is C12H25F2N. The Bertz CT molecular complexity index is 160. The smallest absolute Gasteiger partial charge is 0.251 e. The molecule has 0 heterocycles. The molecule has 0 amide bonds. The predicted octanol–water partition coefficient (Wildman–Crippen LogP) is 3.50. The van der Waals surface area contributed by atoms with Gasteiger partial charge in [0.15, 0.2) is 0 Å². The van der Waals surface area contributed by atoms with Crippen molar-refractivity contribution >= 4 is 0 Å². The highest BCUT2D eigenvalue weighted by atomic mass is 19.3. The molecular weight excluding hydrogens is 196 g/mol. The standard InChI is InChI=1S/C12H25F2N/c1-9(2)11(4)6-10(3)7-15(5)8-12(13)14/h9-12H,6-8H2,1-5H3. The van der Waals surface area contributed by atoms with Gasteiger partial charge in [0.05, 0.1) is 6.54 Å². The van der Waals surface area contributed by atoms with Crippen LogP contribution in [0.1, 0.15) is 34.1 Å². The van der Waals surface area contributed by atoms with Gasteiger partial charge < -0.3 is 4.90 Å². The zero-order chi connectivity index (χ0) is 12.0. The summed E-state index contributed by atoms with van der Waals surface area (Å²) in [5, 5.41) is 0. The van der Waals surface area contributed by atoms with E-state index in [1.54, 1.807) is 11.9 Å². The fourth-order valence-corrected chi connectivity index (χ4v) is 1.82. The maximum atomic E-state index is 12.1. The van der Waals surface area contributed by atoms with Gasteiger partial charge in [-0.05, 0) is 31.2 Å². The van der Waals surface area contributed by atoms with Crippen molar-refractivity contribution in [1.82, 2.24) is 4.90 Å². The second-order valence-corrected chi connectivity index (χ2v) is 5.17. The number of alkyl halides is 2. The molecule has 0 aromatic rings. The Balaban J connectivity index is 3.77. The summed E-state index contributed by atoms with van der Waals surface area (Å²) < 4.78 is 24.2. The van der Waals surface area contributed by atoms with Gasteiger partial charge in [0.2, 0.25) is 0 Å². The molecule has 0 saturated carbocycles. The van der Waals surface area contributed by atoms with E-state index in [9.17, 15) is 8.78 Å². The summed E-state index contributed by atoms with van der Waals surface area (Å²) >= 11 is 0. The normalized spacial score (nSPS) is 16.4. The van der Waals surface area contributed by atoms with Crippen molar-refractivity contribution in [2.75, 3.05) is 20.1 Å². The Morgan fingerprint density at radius 1 is 1.00 bits per heavy atom. The number of halogens is 2. The molecule has 0 N–H and O–H groups in total. The predicted molar refractivity (Wildman–Crippen MR) is 61.3 cm³/mol. The van der Waals surface area contributed by atoms with Crippen molar-refractivity contribution in [3.05, 3.63) is 0 Å². The van der Waals surface area contributed by atoms with E-state index >= 15 is 0 Å². The average Bonchev–Trinajstić information content (AvgIpc) is 2.00. The van der Waals surface area contributed by atoms with Crippen molar-refractivity contribution in [3.63, 3.8) is 0 Å². The van der Waals surface area contributed by atoms with Crippen LogP contribution in [0.3, 0.4) is 0 Å². The Morgan fingerprint density at radius 3 is 1.93 bits per heavy atom. The van der Waals surface area contributed by atoms with E-state index in [2.05, 4.69) is 27.7 Å². The molecule has 0 aliphatic rings. The van der Waals surface area contributed by atoms with Gasteiger partial charge in [0.25, 0.3) is 6.43 Å². The minimum atomic E-state index is -2.22. The summed E-state index contributed by atoms with van der Waals surface area (Å²) in [5.41, 5.74) is 0. The first-order chi connectivity index (χ1) is 6.82. The van der Waals surface area contributed by atoms with Crippen LogP contribution in [0.25, 0.3) is 0 Å². The van der Waals surface area contributed by atoms with E-state index in [4.69, 9.17) is 0 Å². The molecule has 0 saturated heterocycles. The molecule has 0 aromatic carbocycles. The van der Waals surface area contributed by atoms with E-state index in [1.807, 2.05) is 0 Å². The molecule has 0 spiro atoms. The lowest BCUT2D eigenvalue weighted by atomic mass is 9.88. The molecule has 0 rings (SSSR count). The maximum Gasteiger partial charge on any atom is 0.251 e. The first-order valence-electron chi connectivity index (χ1n) is 5.79.